The molecule has 1 unspecified atom stereocenters. The van der Waals surface area contributed by atoms with Crippen LogP contribution in [0.3, 0.4) is 0 Å². The van der Waals surface area contributed by atoms with Crippen molar-refractivity contribution in [1.29, 1.82) is 0 Å². The first-order valence-electron chi connectivity index (χ1n) is 10.1. The van der Waals surface area contributed by atoms with E-state index in [1.165, 1.54) is 0 Å². The van der Waals surface area contributed by atoms with E-state index < -0.39 is 5.60 Å². The number of ether oxygens (including phenoxy) is 2. The molecule has 1 fully saturated rings. The molecule has 0 aromatic heterocycles. The molecule has 1 aliphatic heterocycles. The second-order valence-corrected chi connectivity index (χ2v) is 8.20. The Kier molecular flexibility index (Phi) is 8.00. The number of rotatable bonds is 7. The molecule has 1 saturated heterocycles. The van der Waals surface area contributed by atoms with Gasteiger partial charge in [0.25, 0.3) is 0 Å². The van der Waals surface area contributed by atoms with Crippen molar-refractivity contribution in [1.82, 2.24) is 4.90 Å². The molecule has 29 heavy (non-hydrogen) atoms. The van der Waals surface area contributed by atoms with Gasteiger partial charge in [-0.1, -0.05) is 30.3 Å². The molecular weight excluding hydrogens is 370 g/mol. The first-order valence-corrected chi connectivity index (χ1v) is 10.1. The predicted octanol–water partition coefficient (Wildman–Crippen LogP) is 4.18. The van der Waals surface area contributed by atoms with Gasteiger partial charge in [0.1, 0.15) is 5.60 Å². The fourth-order valence-electron chi connectivity index (χ4n) is 3.07. The Morgan fingerprint density at radius 1 is 1.17 bits per heavy atom. The van der Waals surface area contributed by atoms with Gasteiger partial charge in [-0.3, -0.25) is 9.59 Å². The third-order valence-corrected chi connectivity index (χ3v) is 4.56. The highest BCUT2D eigenvalue weighted by atomic mass is 16.6. The zero-order valence-corrected chi connectivity index (χ0v) is 17.8. The van der Waals surface area contributed by atoms with Gasteiger partial charge in [-0.2, -0.15) is 0 Å². The van der Waals surface area contributed by atoms with Crippen LogP contribution in [-0.2, 0) is 20.7 Å². The van der Waals surface area contributed by atoms with Gasteiger partial charge in [0.15, 0.2) is 5.78 Å². The third kappa shape index (κ3) is 7.72. The number of hydrogen-bond donors (Lipinski definition) is 0. The van der Waals surface area contributed by atoms with Crippen molar-refractivity contribution < 1.29 is 23.9 Å². The molecule has 0 radical (unpaired) electrons. The van der Waals surface area contributed by atoms with Gasteiger partial charge in [0.2, 0.25) is 0 Å². The number of aryl methyl sites for hydroxylation is 1. The summed E-state index contributed by atoms with van der Waals surface area (Å²) >= 11 is 0. The van der Waals surface area contributed by atoms with Crippen molar-refractivity contribution in [2.75, 3.05) is 19.7 Å². The average Bonchev–Trinajstić information content (AvgIpc) is 3.13. The van der Waals surface area contributed by atoms with Gasteiger partial charge in [-0.15, -0.1) is 0 Å². The fraction of sp³-hybridized carbons (Fsp3) is 0.522. The number of carbonyl (C=O) groups is 3. The Labute approximate surface area is 172 Å². The lowest BCUT2D eigenvalue weighted by Gasteiger charge is -2.24. The minimum Gasteiger partial charge on any atom is -0.466 e. The molecule has 0 N–H and O–H groups in total. The van der Waals surface area contributed by atoms with E-state index in [9.17, 15) is 14.4 Å². The molecule has 1 aliphatic rings. The van der Waals surface area contributed by atoms with E-state index in [2.05, 4.69) is 0 Å². The van der Waals surface area contributed by atoms with Crippen molar-refractivity contribution in [2.24, 2.45) is 5.92 Å². The Bertz CT molecular complexity index is 746. The normalized spacial score (nSPS) is 16.8. The van der Waals surface area contributed by atoms with Gasteiger partial charge in [0, 0.05) is 25.1 Å². The number of hydrogen-bond acceptors (Lipinski definition) is 5. The second-order valence-electron chi connectivity index (χ2n) is 8.20. The molecule has 1 amide bonds. The molecule has 2 rings (SSSR count). The number of esters is 1. The summed E-state index contributed by atoms with van der Waals surface area (Å²) in [5.41, 5.74) is 1.08. The van der Waals surface area contributed by atoms with Crippen molar-refractivity contribution in [3.8, 4) is 0 Å². The van der Waals surface area contributed by atoms with Gasteiger partial charge >= 0.3 is 12.1 Å². The minimum absolute atomic E-state index is 0.0716. The van der Waals surface area contributed by atoms with Gasteiger partial charge < -0.3 is 14.4 Å². The van der Waals surface area contributed by atoms with E-state index in [0.29, 0.717) is 38.1 Å². The summed E-state index contributed by atoms with van der Waals surface area (Å²) < 4.78 is 10.3. The zero-order valence-electron chi connectivity index (χ0n) is 17.8. The van der Waals surface area contributed by atoms with Crippen molar-refractivity contribution in [3.63, 3.8) is 0 Å². The minimum atomic E-state index is -0.510. The van der Waals surface area contributed by atoms with E-state index >= 15 is 0 Å². The predicted molar refractivity (Wildman–Crippen MR) is 111 cm³/mol. The largest absolute Gasteiger partial charge is 0.466 e. The quantitative estimate of drug-likeness (QED) is 0.389. The van der Waals surface area contributed by atoms with Crippen molar-refractivity contribution in [2.45, 2.75) is 52.6 Å². The lowest BCUT2D eigenvalue weighted by molar-refractivity contribution is -0.143. The Hall–Kier alpha value is -2.63. The number of amides is 1. The maximum Gasteiger partial charge on any atom is 0.410 e. The number of nitrogens with zero attached hydrogens (tertiary/aromatic N) is 1. The van der Waals surface area contributed by atoms with E-state index in [0.717, 1.165) is 12.0 Å². The molecule has 0 aliphatic carbocycles. The number of ketones is 1. The molecule has 0 saturated carbocycles. The standard InChI is InChI=1S/C23H31NO5/c1-5-28-21(26)13-9-17-6-10-19(11-7-17)20(25)12-8-18-14-15-24(16-18)22(27)29-23(2,3)4/h6-8,10-12,18H,5,9,13-16H2,1-4H3/b12-8+. The molecule has 158 valence electrons. The molecule has 0 bridgehead atoms. The smallest absolute Gasteiger partial charge is 0.410 e. The van der Waals surface area contributed by atoms with Crippen LogP contribution in [-0.4, -0.2) is 48.0 Å². The molecule has 1 aromatic carbocycles. The van der Waals surface area contributed by atoms with Crippen LogP contribution in [0, 0.1) is 5.92 Å². The summed E-state index contributed by atoms with van der Waals surface area (Å²) in [6.07, 6.45) is 4.88. The van der Waals surface area contributed by atoms with Crippen molar-refractivity contribution >= 4 is 17.8 Å². The van der Waals surface area contributed by atoms with Crippen LogP contribution < -0.4 is 0 Å². The number of benzene rings is 1. The van der Waals surface area contributed by atoms with Crippen LogP contribution in [0.15, 0.2) is 36.4 Å². The fourth-order valence-corrected chi connectivity index (χ4v) is 3.07. The first kappa shape index (κ1) is 22.7. The maximum atomic E-state index is 12.4. The Balaban J connectivity index is 1.83. The van der Waals surface area contributed by atoms with Crippen LogP contribution >= 0.6 is 0 Å². The second kappa shape index (κ2) is 10.2. The topological polar surface area (TPSA) is 72.9 Å². The van der Waals surface area contributed by atoms with Crippen molar-refractivity contribution in [3.05, 3.63) is 47.5 Å². The molecule has 6 heteroatoms. The highest BCUT2D eigenvalue weighted by Gasteiger charge is 2.28. The van der Waals surface area contributed by atoms with Crippen LogP contribution in [0.25, 0.3) is 0 Å². The van der Waals surface area contributed by atoms with Gasteiger partial charge in [-0.05, 0) is 58.1 Å². The summed E-state index contributed by atoms with van der Waals surface area (Å²) in [4.78, 5) is 37.6. The van der Waals surface area contributed by atoms with Crippen LogP contribution in [0.4, 0.5) is 4.79 Å². The summed E-state index contributed by atoms with van der Waals surface area (Å²) in [6, 6.07) is 7.27. The number of carbonyl (C=O) groups excluding carboxylic acids is 3. The lowest BCUT2D eigenvalue weighted by atomic mass is 10.0. The van der Waals surface area contributed by atoms with E-state index in [1.54, 1.807) is 30.0 Å². The summed E-state index contributed by atoms with van der Waals surface area (Å²) in [6.45, 7) is 8.90. The number of likely N-dealkylation sites (tertiary alicyclic amines) is 1. The third-order valence-electron chi connectivity index (χ3n) is 4.56. The van der Waals surface area contributed by atoms with Crippen LogP contribution in [0.5, 0.6) is 0 Å². The zero-order chi connectivity index (χ0) is 21.4. The molecule has 1 heterocycles. The summed E-state index contributed by atoms with van der Waals surface area (Å²) in [7, 11) is 0. The highest BCUT2D eigenvalue weighted by Crippen LogP contribution is 2.20. The monoisotopic (exact) mass is 401 g/mol. The molecule has 1 atom stereocenters. The molecule has 0 spiro atoms. The summed E-state index contributed by atoms with van der Waals surface area (Å²) in [5, 5.41) is 0. The Morgan fingerprint density at radius 2 is 1.86 bits per heavy atom. The van der Waals surface area contributed by atoms with Gasteiger partial charge in [0.05, 0.1) is 6.61 Å². The molecule has 6 nitrogen and oxygen atoms in total. The Morgan fingerprint density at radius 3 is 2.48 bits per heavy atom. The van der Waals surface area contributed by atoms with Crippen LogP contribution in [0.2, 0.25) is 0 Å². The SMILES string of the molecule is CCOC(=O)CCc1ccc(C(=O)/C=C/C2CCN(C(=O)OC(C)(C)C)C2)cc1. The van der Waals surface area contributed by atoms with E-state index in [1.807, 2.05) is 39.0 Å². The van der Waals surface area contributed by atoms with E-state index in [-0.39, 0.29) is 23.8 Å². The number of allylic oxidation sites excluding steroid dienone is 1. The summed E-state index contributed by atoms with van der Waals surface area (Å²) in [5.74, 6) is -0.138. The molecular formula is C23H31NO5. The van der Waals surface area contributed by atoms with Crippen LogP contribution in [0.1, 0.15) is 56.5 Å². The van der Waals surface area contributed by atoms with E-state index in [4.69, 9.17) is 9.47 Å². The first-order chi connectivity index (χ1) is 13.7. The maximum absolute atomic E-state index is 12.4. The molecule has 1 aromatic rings. The lowest BCUT2D eigenvalue weighted by Crippen LogP contribution is -2.35. The van der Waals surface area contributed by atoms with Gasteiger partial charge in [-0.25, -0.2) is 4.79 Å². The highest BCUT2D eigenvalue weighted by molar-refractivity contribution is 6.04. The average molecular weight is 402 g/mol.